The van der Waals surface area contributed by atoms with Crippen LogP contribution in [0, 0.1) is 0 Å². The van der Waals surface area contributed by atoms with E-state index in [-0.39, 0.29) is 12.1 Å². The van der Waals surface area contributed by atoms with Gasteiger partial charge in [-0.1, -0.05) is 11.2 Å². The summed E-state index contributed by atoms with van der Waals surface area (Å²) >= 11 is 0. The Balaban J connectivity index is 1.55. The van der Waals surface area contributed by atoms with Gasteiger partial charge < -0.3 is 14.9 Å². The number of nitrogens with zero attached hydrogens (tertiary/aromatic N) is 2. The average molecular weight is 291 g/mol. The third kappa shape index (κ3) is 5.06. The third-order valence-corrected chi connectivity index (χ3v) is 3.17. The lowest BCUT2D eigenvalue weighted by atomic mass is 10.1. The Bertz CT molecular complexity index is 476. The number of pyridine rings is 1. The van der Waals surface area contributed by atoms with Gasteiger partial charge in [-0.3, -0.25) is 0 Å². The third-order valence-electron chi connectivity index (χ3n) is 3.17. The fourth-order valence-corrected chi connectivity index (χ4v) is 2.10. The summed E-state index contributed by atoms with van der Waals surface area (Å²) in [7, 11) is 0. The van der Waals surface area contributed by atoms with Crippen LogP contribution in [0.15, 0.2) is 29.6 Å². The zero-order valence-corrected chi connectivity index (χ0v) is 12.2. The molecule has 6 heteroatoms. The molecule has 2 heterocycles. The molecule has 1 atom stereocenters. The highest BCUT2D eigenvalue weighted by Crippen LogP contribution is 2.17. The second-order valence-electron chi connectivity index (χ2n) is 4.83. The van der Waals surface area contributed by atoms with Crippen LogP contribution in [0.25, 0.3) is 0 Å². The Hall–Kier alpha value is -2.11. The maximum absolute atomic E-state index is 11.5. The molecule has 1 aliphatic heterocycles. The van der Waals surface area contributed by atoms with Gasteiger partial charge in [0.05, 0.1) is 6.61 Å². The summed E-state index contributed by atoms with van der Waals surface area (Å²) in [6.07, 6.45) is 5.23. The van der Waals surface area contributed by atoms with Gasteiger partial charge >= 0.3 is 5.97 Å². The molecule has 0 saturated carbocycles. The van der Waals surface area contributed by atoms with E-state index in [1.165, 1.54) is 0 Å². The Kier molecular flexibility index (Phi) is 5.99. The van der Waals surface area contributed by atoms with E-state index in [0.717, 1.165) is 31.6 Å². The molecule has 0 radical (unpaired) electrons. The zero-order chi connectivity index (χ0) is 14.9. The molecule has 1 unspecified atom stereocenters. The summed E-state index contributed by atoms with van der Waals surface area (Å²) in [6, 6.07) is 5.79. The first kappa shape index (κ1) is 15.3. The molecule has 1 aromatic heterocycles. The first-order valence-electron chi connectivity index (χ1n) is 7.34. The van der Waals surface area contributed by atoms with Crippen LogP contribution < -0.4 is 5.32 Å². The van der Waals surface area contributed by atoms with Crippen molar-refractivity contribution in [3.8, 4) is 0 Å². The van der Waals surface area contributed by atoms with Crippen LogP contribution in [-0.2, 0) is 14.4 Å². The van der Waals surface area contributed by atoms with Crippen molar-refractivity contribution >= 4 is 17.5 Å². The van der Waals surface area contributed by atoms with Crippen LogP contribution in [0.3, 0.4) is 0 Å². The fourth-order valence-electron chi connectivity index (χ4n) is 2.10. The number of hydrogen-bond donors (Lipinski definition) is 1. The molecule has 1 aromatic rings. The minimum Gasteiger partial charge on any atom is -0.461 e. The number of rotatable bonds is 8. The van der Waals surface area contributed by atoms with Gasteiger partial charge in [0.1, 0.15) is 11.9 Å². The molecule has 0 fully saturated rings. The summed E-state index contributed by atoms with van der Waals surface area (Å²) in [5.41, 5.74) is 0.397. The lowest BCUT2D eigenvalue weighted by Crippen LogP contribution is -2.18. The Labute approximate surface area is 124 Å². The number of oxime groups is 1. The molecule has 1 N–H and O–H groups in total. The summed E-state index contributed by atoms with van der Waals surface area (Å²) in [5, 5.41) is 7.06. The number of hydrogen-bond acceptors (Lipinski definition) is 6. The lowest BCUT2D eigenvalue weighted by Gasteiger charge is -2.08. The largest absolute Gasteiger partial charge is 0.461 e. The van der Waals surface area contributed by atoms with Gasteiger partial charge in [0.25, 0.3) is 0 Å². The van der Waals surface area contributed by atoms with Crippen LogP contribution in [0.2, 0.25) is 0 Å². The predicted octanol–water partition coefficient (Wildman–Crippen LogP) is 2.37. The maximum Gasteiger partial charge on any atom is 0.356 e. The van der Waals surface area contributed by atoms with Gasteiger partial charge in [-0.05, 0) is 38.3 Å². The van der Waals surface area contributed by atoms with Crippen LogP contribution in [-0.4, -0.2) is 35.9 Å². The summed E-state index contributed by atoms with van der Waals surface area (Å²) in [5.74, 6) is 0.527. The van der Waals surface area contributed by atoms with Gasteiger partial charge in [-0.15, -0.1) is 0 Å². The first-order chi connectivity index (χ1) is 10.3. The van der Waals surface area contributed by atoms with E-state index in [0.29, 0.717) is 18.7 Å². The monoisotopic (exact) mass is 291 g/mol. The van der Waals surface area contributed by atoms with E-state index in [9.17, 15) is 4.79 Å². The summed E-state index contributed by atoms with van der Waals surface area (Å²) in [6.45, 7) is 3.01. The SMILES string of the molecule is CCOC(=O)C1=NOC(CCCCNc2ccccn2)C1. The van der Waals surface area contributed by atoms with Gasteiger partial charge in [-0.2, -0.15) is 0 Å². The quantitative estimate of drug-likeness (QED) is 0.588. The molecular weight excluding hydrogens is 270 g/mol. The molecular formula is C15H21N3O3. The molecule has 0 amide bonds. The molecule has 1 aliphatic rings. The molecule has 0 spiro atoms. The Morgan fingerprint density at radius 1 is 1.48 bits per heavy atom. The number of nitrogens with one attached hydrogen (secondary N) is 1. The highest BCUT2D eigenvalue weighted by Gasteiger charge is 2.26. The summed E-state index contributed by atoms with van der Waals surface area (Å²) in [4.78, 5) is 20.9. The molecule has 114 valence electrons. The maximum atomic E-state index is 11.5. The van der Waals surface area contributed by atoms with Gasteiger partial charge in [-0.25, -0.2) is 9.78 Å². The van der Waals surface area contributed by atoms with Crippen molar-refractivity contribution in [1.29, 1.82) is 0 Å². The topological polar surface area (TPSA) is 72.8 Å². The minimum absolute atomic E-state index is 0.000689. The van der Waals surface area contributed by atoms with Crippen LogP contribution >= 0.6 is 0 Å². The predicted molar refractivity (Wildman–Crippen MR) is 80.1 cm³/mol. The number of carbonyl (C=O) groups excluding carboxylic acids is 1. The number of aromatic nitrogens is 1. The number of unbranched alkanes of at least 4 members (excludes halogenated alkanes) is 1. The molecule has 21 heavy (non-hydrogen) atoms. The normalized spacial score (nSPS) is 17.0. The summed E-state index contributed by atoms with van der Waals surface area (Å²) < 4.78 is 4.90. The van der Waals surface area contributed by atoms with Crippen molar-refractivity contribution in [2.24, 2.45) is 5.16 Å². The van der Waals surface area contributed by atoms with Crippen molar-refractivity contribution in [3.05, 3.63) is 24.4 Å². The molecule has 0 bridgehead atoms. The lowest BCUT2D eigenvalue weighted by molar-refractivity contribution is -0.135. The van der Waals surface area contributed by atoms with Crippen molar-refractivity contribution in [1.82, 2.24) is 4.98 Å². The molecule has 0 saturated heterocycles. The molecule has 6 nitrogen and oxygen atoms in total. The number of esters is 1. The van der Waals surface area contributed by atoms with E-state index in [1.54, 1.807) is 13.1 Å². The molecule has 0 aliphatic carbocycles. The second-order valence-corrected chi connectivity index (χ2v) is 4.83. The van der Waals surface area contributed by atoms with E-state index in [1.807, 2.05) is 18.2 Å². The molecule has 0 aromatic carbocycles. The standard InChI is InChI=1S/C15H21N3O3/c1-2-20-15(19)13-11-12(21-18-13)7-3-5-9-16-14-8-4-6-10-17-14/h4,6,8,10,12H,2-3,5,7,9,11H2,1H3,(H,16,17). The molecule has 2 rings (SSSR count). The number of anilines is 1. The first-order valence-corrected chi connectivity index (χ1v) is 7.34. The highest BCUT2D eigenvalue weighted by molar-refractivity contribution is 6.36. The Morgan fingerprint density at radius 2 is 2.38 bits per heavy atom. The zero-order valence-electron chi connectivity index (χ0n) is 12.2. The fraction of sp³-hybridized carbons (Fsp3) is 0.533. The van der Waals surface area contributed by atoms with Crippen molar-refractivity contribution < 1.29 is 14.4 Å². The van der Waals surface area contributed by atoms with Gasteiger partial charge in [0, 0.05) is 19.2 Å². The highest BCUT2D eigenvalue weighted by atomic mass is 16.6. The van der Waals surface area contributed by atoms with Crippen LogP contribution in [0.1, 0.15) is 32.6 Å². The second kappa shape index (κ2) is 8.24. The minimum atomic E-state index is -0.364. The van der Waals surface area contributed by atoms with Crippen LogP contribution in [0.5, 0.6) is 0 Å². The van der Waals surface area contributed by atoms with Crippen molar-refractivity contribution in [2.75, 3.05) is 18.5 Å². The van der Waals surface area contributed by atoms with Gasteiger partial charge in [0.2, 0.25) is 0 Å². The Morgan fingerprint density at radius 3 is 3.14 bits per heavy atom. The number of ether oxygens (including phenoxy) is 1. The van der Waals surface area contributed by atoms with Crippen molar-refractivity contribution in [3.63, 3.8) is 0 Å². The smallest absolute Gasteiger partial charge is 0.356 e. The van der Waals surface area contributed by atoms with Crippen molar-refractivity contribution in [2.45, 2.75) is 38.7 Å². The van der Waals surface area contributed by atoms with E-state index in [4.69, 9.17) is 9.57 Å². The van der Waals surface area contributed by atoms with E-state index in [2.05, 4.69) is 15.5 Å². The van der Waals surface area contributed by atoms with Gasteiger partial charge in [0.15, 0.2) is 5.71 Å². The van der Waals surface area contributed by atoms with E-state index >= 15 is 0 Å². The van der Waals surface area contributed by atoms with Crippen LogP contribution in [0.4, 0.5) is 5.82 Å². The average Bonchev–Trinajstić information content (AvgIpc) is 2.97. The number of carbonyl (C=O) groups is 1. The van der Waals surface area contributed by atoms with E-state index < -0.39 is 0 Å².